The van der Waals surface area contributed by atoms with E-state index in [1.807, 2.05) is 19.1 Å². The average Bonchev–Trinajstić information content (AvgIpc) is 3.55. The topological polar surface area (TPSA) is 148 Å². The van der Waals surface area contributed by atoms with Crippen molar-refractivity contribution in [1.82, 2.24) is 14.5 Å². The second-order valence-corrected chi connectivity index (χ2v) is 12.5. The predicted octanol–water partition coefficient (Wildman–Crippen LogP) is 3.43. The maximum atomic E-state index is 13.0. The molecule has 2 aromatic carbocycles. The Bertz CT molecular complexity index is 1700. The van der Waals surface area contributed by atoms with Gasteiger partial charge >= 0.3 is 5.97 Å². The van der Waals surface area contributed by atoms with Gasteiger partial charge in [-0.3, -0.25) is 9.59 Å². The smallest absolute Gasteiger partial charge is 0.332 e. The van der Waals surface area contributed by atoms with Crippen LogP contribution >= 0.6 is 11.3 Å². The Hall–Kier alpha value is -3.90. The molecule has 1 aromatic heterocycles. The van der Waals surface area contributed by atoms with Gasteiger partial charge in [-0.2, -0.15) is 10.1 Å². The molecule has 0 aliphatic heterocycles. The molecule has 1 heterocycles. The monoisotopic (exact) mass is 580 g/mol. The molecular formula is C28H28N4O6S2. The highest BCUT2D eigenvalue weighted by Crippen LogP contribution is 2.31. The van der Waals surface area contributed by atoms with Crippen LogP contribution in [0, 0.1) is 5.92 Å². The number of hydrogen-bond acceptors (Lipinski definition) is 7. The highest BCUT2D eigenvalue weighted by Gasteiger charge is 2.33. The SMILES string of the molecule is CCc1nn(Cc2ccc(-c3ccccc3S(=O)(=O)NC(=O)C3CC3)cc2)c(=NC(=O)C2=C(C(=O)O)CCC2)s1. The van der Waals surface area contributed by atoms with Crippen LogP contribution in [0.25, 0.3) is 11.1 Å². The van der Waals surface area contributed by atoms with E-state index in [-0.39, 0.29) is 22.0 Å². The summed E-state index contributed by atoms with van der Waals surface area (Å²) >= 11 is 1.28. The fourth-order valence-corrected chi connectivity index (χ4v) is 6.68. The van der Waals surface area contributed by atoms with Crippen molar-refractivity contribution in [3.05, 3.63) is 75.0 Å². The van der Waals surface area contributed by atoms with E-state index in [0.29, 0.717) is 61.0 Å². The Morgan fingerprint density at radius 1 is 1.07 bits per heavy atom. The van der Waals surface area contributed by atoms with Gasteiger partial charge in [0.05, 0.1) is 11.4 Å². The molecule has 0 atom stereocenters. The number of nitrogens with one attached hydrogen (secondary N) is 1. The molecule has 2 aliphatic rings. The van der Waals surface area contributed by atoms with Gasteiger partial charge in [0.2, 0.25) is 10.7 Å². The van der Waals surface area contributed by atoms with Gasteiger partial charge in [0.15, 0.2) is 0 Å². The third kappa shape index (κ3) is 5.97. The van der Waals surface area contributed by atoms with Crippen LogP contribution < -0.4 is 9.52 Å². The number of benzene rings is 2. The normalized spacial score (nSPS) is 15.9. The molecule has 0 unspecified atom stereocenters. The molecule has 5 rings (SSSR count). The minimum Gasteiger partial charge on any atom is -0.478 e. The number of hydrogen-bond donors (Lipinski definition) is 2. The number of carbonyl (C=O) groups is 3. The lowest BCUT2D eigenvalue weighted by Crippen LogP contribution is -2.32. The lowest BCUT2D eigenvalue weighted by atomic mass is 10.0. The van der Waals surface area contributed by atoms with Gasteiger partial charge in [-0.15, -0.1) is 0 Å². The van der Waals surface area contributed by atoms with E-state index < -0.39 is 27.8 Å². The molecule has 0 radical (unpaired) electrons. The van der Waals surface area contributed by atoms with Crippen LogP contribution in [0.15, 0.2) is 69.6 Å². The van der Waals surface area contributed by atoms with Crippen molar-refractivity contribution in [3.8, 4) is 11.1 Å². The van der Waals surface area contributed by atoms with Gasteiger partial charge in [0.1, 0.15) is 5.01 Å². The van der Waals surface area contributed by atoms with Crippen LogP contribution in [-0.4, -0.2) is 41.1 Å². The first-order chi connectivity index (χ1) is 19.2. The van der Waals surface area contributed by atoms with E-state index in [1.165, 1.54) is 17.4 Å². The minimum atomic E-state index is -4.03. The number of carboxylic acids is 1. The van der Waals surface area contributed by atoms with E-state index in [9.17, 15) is 27.9 Å². The van der Waals surface area contributed by atoms with Crippen LogP contribution in [0.2, 0.25) is 0 Å². The molecule has 12 heteroatoms. The van der Waals surface area contributed by atoms with Gasteiger partial charge in [0.25, 0.3) is 15.9 Å². The molecule has 1 saturated carbocycles. The lowest BCUT2D eigenvalue weighted by Gasteiger charge is -2.12. The molecule has 208 valence electrons. The highest BCUT2D eigenvalue weighted by molar-refractivity contribution is 7.90. The lowest BCUT2D eigenvalue weighted by molar-refractivity contribution is -0.133. The molecule has 40 heavy (non-hydrogen) atoms. The summed E-state index contributed by atoms with van der Waals surface area (Å²) in [7, 11) is -4.03. The van der Waals surface area contributed by atoms with Gasteiger partial charge < -0.3 is 5.11 Å². The minimum absolute atomic E-state index is 0.0276. The summed E-state index contributed by atoms with van der Waals surface area (Å²) in [5, 5.41) is 14.8. The summed E-state index contributed by atoms with van der Waals surface area (Å²) in [4.78, 5) is 41.1. The summed E-state index contributed by atoms with van der Waals surface area (Å²) in [6.07, 6.45) is 3.42. The highest BCUT2D eigenvalue weighted by atomic mass is 32.2. The Labute approximate surface area is 235 Å². The molecule has 3 aromatic rings. The maximum absolute atomic E-state index is 13.0. The van der Waals surface area contributed by atoms with Crippen LogP contribution in [0.1, 0.15) is 49.6 Å². The first-order valence-corrected chi connectivity index (χ1v) is 15.3. The number of rotatable bonds is 9. The first-order valence-electron chi connectivity index (χ1n) is 13.0. The maximum Gasteiger partial charge on any atom is 0.332 e. The Balaban J connectivity index is 1.40. The standard InChI is InChI=1S/C28H28N4O6S2/c1-2-24-30-32(28(39-24)29-26(34)21-7-5-8-22(21)27(35)36)16-17-10-12-18(13-11-17)20-6-3-4-9-23(20)40(37,38)31-25(33)19-14-15-19/h3-4,6,9-13,19H,2,5,7-8,14-16H2,1H3,(H,31,33)(H,35,36). The Morgan fingerprint density at radius 2 is 1.77 bits per heavy atom. The van der Waals surface area contributed by atoms with E-state index in [0.717, 1.165) is 10.6 Å². The van der Waals surface area contributed by atoms with Gasteiger partial charge in [-0.1, -0.05) is 60.7 Å². The third-order valence-corrected chi connectivity index (χ3v) is 9.35. The largest absolute Gasteiger partial charge is 0.478 e. The molecule has 0 saturated heterocycles. The van der Waals surface area contributed by atoms with Crippen molar-refractivity contribution in [3.63, 3.8) is 0 Å². The molecule has 0 spiro atoms. The molecule has 2 aliphatic carbocycles. The van der Waals surface area contributed by atoms with Gasteiger partial charge in [-0.25, -0.2) is 22.6 Å². The number of aliphatic carboxylic acids is 1. The fourth-order valence-electron chi connectivity index (χ4n) is 4.57. The van der Waals surface area contributed by atoms with E-state index >= 15 is 0 Å². The quantitative estimate of drug-likeness (QED) is 0.394. The van der Waals surface area contributed by atoms with Crippen LogP contribution in [0.3, 0.4) is 0 Å². The third-order valence-electron chi connectivity index (χ3n) is 6.85. The summed E-state index contributed by atoms with van der Waals surface area (Å²) in [6.45, 7) is 2.26. The number of carbonyl (C=O) groups excluding carboxylic acids is 2. The zero-order chi connectivity index (χ0) is 28.4. The number of aryl methyl sites for hydroxylation is 1. The van der Waals surface area contributed by atoms with E-state index in [2.05, 4.69) is 14.8 Å². The fraction of sp³-hybridized carbons (Fsp3) is 0.321. The Morgan fingerprint density at radius 3 is 2.45 bits per heavy atom. The van der Waals surface area contributed by atoms with Crippen molar-refractivity contribution in [1.29, 1.82) is 0 Å². The summed E-state index contributed by atoms with van der Waals surface area (Å²) < 4.78 is 29.8. The molecule has 0 bridgehead atoms. The average molecular weight is 581 g/mol. The van der Waals surface area contributed by atoms with Crippen LogP contribution in [-0.2, 0) is 37.4 Å². The van der Waals surface area contributed by atoms with Gasteiger partial charge in [0, 0.05) is 22.6 Å². The molecule has 2 N–H and O–H groups in total. The number of carboxylic acid groups (broad SMARTS) is 1. The van der Waals surface area contributed by atoms with Crippen LogP contribution in [0.4, 0.5) is 0 Å². The van der Waals surface area contributed by atoms with E-state index in [1.54, 1.807) is 35.0 Å². The summed E-state index contributed by atoms with van der Waals surface area (Å²) in [5.41, 5.74) is 2.36. The number of aromatic nitrogens is 2. The molecular weight excluding hydrogens is 552 g/mol. The first kappa shape index (κ1) is 27.7. The summed E-state index contributed by atoms with van der Waals surface area (Å²) in [5.74, 6) is -2.34. The second kappa shape index (κ2) is 11.3. The zero-order valence-corrected chi connectivity index (χ0v) is 23.4. The van der Waals surface area contributed by atoms with Gasteiger partial charge in [-0.05, 0) is 55.7 Å². The Kier molecular flexibility index (Phi) is 7.81. The number of amides is 2. The molecule has 10 nitrogen and oxygen atoms in total. The van der Waals surface area contributed by atoms with Crippen molar-refractivity contribution < 1.29 is 27.9 Å². The van der Waals surface area contributed by atoms with Crippen LogP contribution in [0.5, 0.6) is 0 Å². The zero-order valence-electron chi connectivity index (χ0n) is 21.8. The van der Waals surface area contributed by atoms with Crippen molar-refractivity contribution in [2.45, 2.75) is 56.9 Å². The predicted molar refractivity (Wildman–Crippen MR) is 148 cm³/mol. The molecule has 2 amide bonds. The second-order valence-electron chi connectivity index (χ2n) is 9.76. The number of sulfonamides is 1. The van der Waals surface area contributed by atoms with E-state index in [4.69, 9.17) is 0 Å². The number of nitrogens with zero attached hydrogens (tertiary/aromatic N) is 3. The van der Waals surface area contributed by atoms with Crippen molar-refractivity contribution in [2.75, 3.05) is 0 Å². The van der Waals surface area contributed by atoms with Crippen molar-refractivity contribution in [2.24, 2.45) is 10.9 Å². The van der Waals surface area contributed by atoms with Crippen molar-refractivity contribution >= 4 is 39.1 Å². The molecule has 1 fully saturated rings. The summed E-state index contributed by atoms with van der Waals surface area (Å²) in [6, 6.07) is 13.8.